The van der Waals surface area contributed by atoms with Gasteiger partial charge >= 0.3 is 0 Å². The molecule has 0 atom stereocenters. The minimum Gasteiger partial charge on any atom is -0.315 e. The molecule has 0 aromatic rings. The predicted octanol–water partition coefficient (Wildman–Crippen LogP) is 0.656. The van der Waals surface area contributed by atoms with Crippen molar-refractivity contribution >= 4 is 10.0 Å². The lowest BCUT2D eigenvalue weighted by atomic mass is 10.3. The second-order valence-electron chi connectivity index (χ2n) is 3.91. The number of nitrogens with zero attached hydrogens (tertiary/aromatic N) is 1. The van der Waals surface area contributed by atoms with Crippen LogP contribution in [0.25, 0.3) is 0 Å². The van der Waals surface area contributed by atoms with Crippen LogP contribution < -0.4 is 5.32 Å². The third-order valence-corrected chi connectivity index (χ3v) is 3.86. The third kappa shape index (κ3) is 6.34. The summed E-state index contributed by atoms with van der Waals surface area (Å²) in [5, 5.41) is 3.25. The minimum absolute atomic E-state index is 0.250. The number of rotatable bonds is 7. The first-order valence-corrected chi connectivity index (χ1v) is 6.61. The van der Waals surface area contributed by atoms with E-state index in [2.05, 4.69) is 19.2 Å². The van der Waals surface area contributed by atoms with Crippen molar-refractivity contribution < 1.29 is 8.42 Å². The molecule has 0 saturated carbocycles. The highest BCUT2D eigenvalue weighted by Gasteiger charge is 2.12. The van der Waals surface area contributed by atoms with Gasteiger partial charge in [0.2, 0.25) is 10.0 Å². The quantitative estimate of drug-likeness (QED) is 0.644. The number of hydrogen-bond donors (Lipinski definition) is 1. The lowest BCUT2D eigenvalue weighted by Crippen LogP contribution is -2.27. The van der Waals surface area contributed by atoms with Crippen molar-refractivity contribution in [2.45, 2.75) is 32.7 Å². The fourth-order valence-electron chi connectivity index (χ4n) is 0.983. The molecule has 4 nitrogen and oxygen atoms in total. The summed E-state index contributed by atoms with van der Waals surface area (Å²) in [5.41, 5.74) is 0. The zero-order chi connectivity index (χ0) is 11.2. The fraction of sp³-hybridized carbons (Fsp3) is 1.00. The standard InChI is InChI=1S/C9H22N2O2S/c1-9(2)10-7-5-6-8-14(12,13)11(3)4/h9-10H,5-8H2,1-4H3. The molecule has 0 rings (SSSR count). The molecule has 0 bridgehead atoms. The van der Waals surface area contributed by atoms with E-state index in [4.69, 9.17) is 0 Å². The molecule has 0 radical (unpaired) electrons. The topological polar surface area (TPSA) is 49.4 Å². The predicted molar refractivity (Wildman–Crippen MR) is 59.8 cm³/mol. The van der Waals surface area contributed by atoms with Crippen LogP contribution in [-0.4, -0.2) is 45.2 Å². The van der Waals surface area contributed by atoms with Crippen LogP contribution in [0.1, 0.15) is 26.7 Å². The van der Waals surface area contributed by atoms with Gasteiger partial charge in [-0.1, -0.05) is 13.8 Å². The van der Waals surface area contributed by atoms with Crippen molar-refractivity contribution in [3.05, 3.63) is 0 Å². The third-order valence-electron chi connectivity index (χ3n) is 1.94. The van der Waals surface area contributed by atoms with E-state index in [1.807, 2.05) is 0 Å². The van der Waals surface area contributed by atoms with Gasteiger partial charge in [-0.3, -0.25) is 0 Å². The molecule has 14 heavy (non-hydrogen) atoms. The van der Waals surface area contributed by atoms with E-state index < -0.39 is 10.0 Å². The Balaban J connectivity index is 3.55. The Morgan fingerprint density at radius 2 is 1.79 bits per heavy atom. The molecule has 0 aromatic heterocycles. The number of nitrogens with one attached hydrogen (secondary N) is 1. The van der Waals surface area contributed by atoms with Crippen LogP contribution in [0, 0.1) is 0 Å². The molecule has 86 valence electrons. The van der Waals surface area contributed by atoms with Crippen LogP contribution in [-0.2, 0) is 10.0 Å². The SMILES string of the molecule is CC(C)NCCCCS(=O)(=O)N(C)C. The maximum absolute atomic E-state index is 11.3. The first-order valence-electron chi connectivity index (χ1n) is 5.00. The number of sulfonamides is 1. The van der Waals surface area contributed by atoms with Crippen LogP contribution in [0.2, 0.25) is 0 Å². The zero-order valence-corrected chi connectivity index (χ0v) is 10.4. The van der Waals surface area contributed by atoms with Gasteiger partial charge in [-0.25, -0.2) is 12.7 Å². The summed E-state index contributed by atoms with van der Waals surface area (Å²) in [6.45, 7) is 5.05. The van der Waals surface area contributed by atoms with E-state index in [-0.39, 0.29) is 5.75 Å². The fourth-order valence-corrected chi connectivity index (χ4v) is 1.92. The Morgan fingerprint density at radius 1 is 1.21 bits per heavy atom. The van der Waals surface area contributed by atoms with Crippen LogP contribution in [0.3, 0.4) is 0 Å². The molecule has 0 spiro atoms. The molecule has 0 aliphatic heterocycles. The minimum atomic E-state index is -2.99. The number of hydrogen-bond acceptors (Lipinski definition) is 3. The van der Waals surface area contributed by atoms with Crippen molar-refractivity contribution in [1.29, 1.82) is 0 Å². The van der Waals surface area contributed by atoms with Crippen LogP contribution >= 0.6 is 0 Å². The Morgan fingerprint density at radius 3 is 2.21 bits per heavy atom. The van der Waals surface area contributed by atoms with Crippen molar-refractivity contribution in [2.75, 3.05) is 26.4 Å². The van der Waals surface area contributed by atoms with E-state index in [1.54, 1.807) is 14.1 Å². The Labute approximate surface area is 87.7 Å². The van der Waals surface area contributed by atoms with Crippen molar-refractivity contribution in [3.63, 3.8) is 0 Å². The first-order chi connectivity index (χ1) is 6.36. The second kappa shape index (κ2) is 6.37. The molecule has 0 aromatic carbocycles. The van der Waals surface area contributed by atoms with Gasteiger partial charge in [0, 0.05) is 20.1 Å². The van der Waals surface area contributed by atoms with Gasteiger partial charge in [0.15, 0.2) is 0 Å². The molecule has 0 aliphatic carbocycles. The molecular formula is C9H22N2O2S. The van der Waals surface area contributed by atoms with Crippen molar-refractivity contribution in [2.24, 2.45) is 0 Å². The van der Waals surface area contributed by atoms with Gasteiger partial charge in [-0.05, 0) is 19.4 Å². The summed E-state index contributed by atoms with van der Waals surface area (Å²) in [6.07, 6.45) is 1.63. The van der Waals surface area contributed by atoms with Crippen LogP contribution in [0.15, 0.2) is 0 Å². The van der Waals surface area contributed by atoms with E-state index in [9.17, 15) is 8.42 Å². The Kier molecular flexibility index (Phi) is 6.31. The Bertz CT molecular complexity index is 235. The lowest BCUT2D eigenvalue weighted by Gasteiger charge is -2.11. The summed E-state index contributed by atoms with van der Waals surface area (Å²) >= 11 is 0. The number of unbranched alkanes of at least 4 members (excludes halogenated alkanes) is 1. The van der Waals surface area contributed by atoms with Gasteiger partial charge < -0.3 is 5.32 Å². The van der Waals surface area contributed by atoms with Crippen molar-refractivity contribution in [3.8, 4) is 0 Å². The maximum Gasteiger partial charge on any atom is 0.213 e. The molecule has 5 heteroatoms. The highest BCUT2D eigenvalue weighted by Crippen LogP contribution is 1.99. The van der Waals surface area contributed by atoms with Crippen LogP contribution in [0.5, 0.6) is 0 Å². The molecule has 0 unspecified atom stereocenters. The zero-order valence-electron chi connectivity index (χ0n) is 9.58. The summed E-state index contributed by atoms with van der Waals surface area (Å²) in [5.74, 6) is 0.250. The Hall–Kier alpha value is -0.130. The molecule has 0 aliphatic rings. The largest absolute Gasteiger partial charge is 0.315 e. The monoisotopic (exact) mass is 222 g/mol. The van der Waals surface area contributed by atoms with E-state index in [0.717, 1.165) is 19.4 Å². The van der Waals surface area contributed by atoms with Gasteiger partial charge in [-0.15, -0.1) is 0 Å². The van der Waals surface area contributed by atoms with Gasteiger partial charge in [0.05, 0.1) is 5.75 Å². The van der Waals surface area contributed by atoms with Gasteiger partial charge in [0.1, 0.15) is 0 Å². The van der Waals surface area contributed by atoms with Gasteiger partial charge in [0.25, 0.3) is 0 Å². The molecule has 0 amide bonds. The maximum atomic E-state index is 11.3. The summed E-state index contributed by atoms with van der Waals surface area (Å²) < 4.78 is 23.9. The molecule has 0 saturated heterocycles. The van der Waals surface area contributed by atoms with E-state index in [1.165, 1.54) is 4.31 Å². The molecule has 0 fully saturated rings. The normalized spacial score (nSPS) is 12.7. The van der Waals surface area contributed by atoms with Crippen molar-refractivity contribution in [1.82, 2.24) is 9.62 Å². The summed E-state index contributed by atoms with van der Waals surface area (Å²) in [4.78, 5) is 0. The molecule has 1 N–H and O–H groups in total. The summed E-state index contributed by atoms with van der Waals surface area (Å²) in [6, 6.07) is 0.473. The summed E-state index contributed by atoms with van der Waals surface area (Å²) in [7, 11) is 0.149. The highest BCUT2D eigenvalue weighted by molar-refractivity contribution is 7.89. The molecular weight excluding hydrogens is 200 g/mol. The van der Waals surface area contributed by atoms with Gasteiger partial charge in [-0.2, -0.15) is 0 Å². The lowest BCUT2D eigenvalue weighted by molar-refractivity contribution is 0.513. The first kappa shape index (κ1) is 13.9. The average molecular weight is 222 g/mol. The van der Waals surface area contributed by atoms with E-state index >= 15 is 0 Å². The second-order valence-corrected chi connectivity index (χ2v) is 6.22. The molecule has 0 heterocycles. The highest BCUT2D eigenvalue weighted by atomic mass is 32.2. The van der Waals surface area contributed by atoms with E-state index in [0.29, 0.717) is 6.04 Å². The van der Waals surface area contributed by atoms with Crippen LogP contribution in [0.4, 0.5) is 0 Å². The smallest absolute Gasteiger partial charge is 0.213 e. The average Bonchev–Trinajstić information content (AvgIpc) is 2.02.